The Kier molecular flexibility index (Phi) is 3.01. The van der Waals surface area contributed by atoms with Gasteiger partial charge in [-0.3, -0.25) is 4.79 Å². The van der Waals surface area contributed by atoms with Gasteiger partial charge in [0.15, 0.2) is 0 Å². The molecule has 3 nitrogen and oxygen atoms in total. The van der Waals surface area contributed by atoms with E-state index >= 15 is 0 Å². The molecule has 2 atom stereocenters. The summed E-state index contributed by atoms with van der Waals surface area (Å²) in [6, 6.07) is 0. The van der Waals surface area contributed by atoms with Gasteiger partial charge in [-0.25, -0.2) is 0 Å². The third kappa shape index (κ3) is 1.89. The highest BCUT2D eigenvalue weighted by molar-refractivity contribution is 5.80. The fraction of sp³-hybridized carbons (Fsp3) is 0.917. The lowest BCUT2D eigenvalue weighted by atomic mass is 9.75. The van der Waals surface area contributed by atoms with E-state index in [1.807, 2.05) is 6.92 Å². The van der Waals surface area contributed by atoms with Gasteiger partial charge in [-0.15, -0.1) is 0 Å². The lowest BCUT2D eigenvalue weighted by Crippen LogP contribution is -2.42. The van der Waals surface area contributed by atoms with Gasteiger partial charge >= 0.3 is 5.97 Å². The van der Waals surface area contributed by atoms with Crippen LogP contribution in [0.2, 0.25) is 0 Å². The van der Waals surface area contributed by atoms with E-state index in [0.717, 1.165) is 32.4 Å². The van der Waals surface area contributed by atoms with Gasteiger partial charge in [0, 0.05) is 0 Å². The minimum absolute atomic E-state index is 0.0590. The summed E-state index contributed by atoms with van der Waals surface area (Å²) in [5.41, 5.74) is -0.0997. The van der Waals surface area contributed by atoms with Gasteiger partial charge in [-0.05, 0) is 51.1 Å². The average molecular weight is 211 g/mol. The molecule has 0 aromatic carbocycles. The Hall–Kier alpha value is -0.570. The van der Waals surface area contributed by atoms with Crippen molar-refractivity contribution >= 4 is 5.97 Å². The maximum absolute atomic E-state index is 11.9. The van der Waals surface area contributed by atoms with Crippen molar-refractivity contribution in [3.63, 3.8) is 0 Å². The van der Waals surface area contributed by atoms with Gasteiger partial charge in [0.25, 0.3) is 0 Å². The predicted molar refractivity (Wildman–Crippen MR) is 58.4 cm³/mol. The lowest BCUT2D eigenvalue weighted by molar-refractivity contribution is -0.153. The molecular weight excluding hydrogens is 190 g/mol. The smallest absolute Gasteiger partial charge is 0.312 e. The van der Waals surface area contributed by atoms with Crippen molar-refractivity contribution in [3.05, 3.63) is 0 Å². The van der Waals surface area contributed by atoms with E-state index in [4.69, 9.17) is 4.74 Å². The third-order valence-electron chi connectivity index (χ3n) is 3.97. The number of nitrogens with one attached hydrogen (secondary N) is 1. The van der Waals surface area contributed by atoms with Gasteiger partial charge < -0.3 is 10.1 Å². The van der Waals surface area contributed by atoms with Crippen molar-refractivity contribution in [3.8, 4) is 0 Å². The molecule has 0 aromatic heterocycles. The van der Waals surface area contributed by atoms with Gasteiger partial charge in [-0.2, -0.15) is 0 Å². The zero-order valence-electron chi connectivity index (χ0n) is 9.71. The molecule has 15 heavy (non-hydrogen) atoms. The first kappa shape index (κ1) is 10.9. The Morgan fingerprint density at radius 3 is 2.80 bits per heavy atom. The van der Waals surface area contributed by atoms with Crippen LogP contribution in [0.25, 0.3) is 0 Å². The Morgan fingerprint density at radius 1 is 1.53 bits per heavy atom. The molecule has 1 heterocycles. The van der Waals surface area contributed by atoms with Crippen molar-refractivity contribution in [2.45, 2.75) is 33.1 Å². The molecule has 1 saturated heterocycles. The Labute approximate surface area is 91.6 Å². The quantitative estimate of drug-likeness (QED) is 0.720. The van der Waals surface area contributed by atoms with Crippen molar-refractivity contribution in [2.24, 2.45) is 17.3 Å². The highest BCUT2D eigenvalue weighted by Crippen LogP contribution is 2.56. The molecule has 2 aliphatic rings. The topological polar surface area (TPSA) is 38.3 Å². The van der Waals surface area contributed by atoms with Gasteiger partial charge in [0.05, 0.1) is 12.0 Å². The summed E-state index contributed by atoms with van der Waals surface area (Å²) in [5, 5.41) is 3.38. The van der Waals surface area contributed by atoms with Crippen molar-refractivity contribution in [2.75, 3.05) is 19.7 Å². The van der Waals surface area contributed by atoms with Gasteiger partial charge in [0.1, 0.15) is 0 Å². The second-order valence-electron chi connectivity index (χ2n) is 4.95. The van der Waals surface area contributed by atoms with Crippen LogP contribution in [0.4, 0.5) is 0 Å². The van der Waals surface area contributed by atoms with Crippen LogP contribution in [0.5, 0.6) is 0 Å². The second-order valence-corrected chi connectivity index (χ2v) is 4.95. The average Bonchev–Trinajstić information content (AvgIpc) is 3.00. The van der Waals surface area contributed by atoms with Crippen LogP contribution in [0.15, 0.2) is 0 Å². The Balaban J connectivity index is 2.04. The second kappa shape index (κ2) is 4.12. The molecule has 86 valence electrons. The van der Waals surface area contributed by atoms with Gasteiger partial charge in [-0.1, -0.05) is 6.92 Å². The van der Waals surface area contributed by atoms with E-state index in [9.17, 15) is 4.79 Å². The standard InChI is InChI=1S/C12H21NO2/c1-3-15-11(14)12(5-6-12)10-4-7-13-8-9(10)2/h9-10,13H,3-8H2,1-2H3. The van der Waals surface area contributed by atoms with Crippen LogP contribution >= 0.6 is 0 Å². The SMILES string of the molecule is CCOC(=O)C1(C2CCNCC2C)CC1. The van der Waals surface area contributed by atoms with E-state index in [1.54, 1.807) is 0 Å². The minimum Gasteiger partial charge on any atom is -0.466 e. The van der Waals surface area contributed by atoms with E-state index in [-0.39, 0.29) is 11.4 Å². The number of piperidine rings is 1. The molecule has 0 bridgehead atoms. The number of rotatable bonds is 3. The molecule has 1 saturated carbocycles. The van der Waals surface area contributed by atoms with E-state index in [2.05, 4.69) is 12.2 Å². The number of hydrogen-bond donors (Lipinski definition) is 1. The summed E-state index contributed by atoms with van der Waals surface area (Å²) in [6.45, 7) is 6.75. The van der Waals surface area contributed by atoms with E-state index in [1.165, 1.54) is 0 Å². The van der Waals surface area contributed by atoms with Crippen molar-refractivity contribution in [1.29, 1.82) is 0 Å². The lowest BCUT2D eigenvalue weighted by Gasteiger charge is -2.34. The van der Waals surface area contributed by atoms with Crippen LogP contribution in [0.1, 0.15) is 33.1 Å². The molecule has 1 N–H and O–H groups in total. The summed E-state index contributed by atoms with van der Waals surface area (Å²) >= 11 is 0. The Bertz CT molecular complexity index is 248. The third-order valence-corrected chi connectivity index (χ3v) is 3.97. The number of carbonyl (C=O) groups is 1. The molecule has 0 radical (unpaired) electrons. The number of ether oxygens (including phenoxy) is 1. The molecule has 1 aliphatic heterocycles. The normalized spacial score (nSPS) is 33.5. The fourth-order valence-electron chi connectivity index (χ4n) is 2.97. The molecule has 3 heteroatoms. The molecular formula is C12H21NO2. The number of carbonyl (C=O) groups excluding carboxylic acids is 1. The fourth-order valence-corrected chi connectivity index (χ4v) is 2.97. The van der Waals surface area contributed by atoms with Gasteiger partial charge in [0.2, 0.25) is 0 Å². The van der Waals surface area contributed by atoms with E-state index < -0.39 is 0 Å². The molecule has 1 aliphatic carbocycles. The Morgan fingerprint density at radius 2 is 2.27 bits per heavy atom. The van der Waals surface area contributed by atoms with Crippen LogP contribution in [0, 0.1) is 17.3 Å². The van der Waals surface area contributed by atoms with Crippen LogP contribution in [-0.2, 0) is 9.53 Å². The highest BCUT2D eigenvalue weighted by Gasteiger charge is 2.58. The van der Waals surface area contributed by atoms with Crippen LogP contribution in [0.3, 0.4) is 0 Å². The molecule has 0 spiro atoms. The molecule has 2 fully saturated rings. The first-order valence-corrected chi connectivity index (χ1v) is 6.08. The van der Waals surface area contributed by atoms with Crippen LogP contribution in [-0.4, -0.2) is 25.7 Å². The summed E-state index contributed by atoms with van der Waals surface area (Å²) in [6.07, 6.45) is 3.21. The number of hydrogen-bond acceptors (Lipinski definition) is 3. The maximum atomic E-state index is 11.9. The first-order chi connectivity index (χ1) is 7.20. The number of esters is 1. The minimum atomic E-state index is -0.0997. The maximum Gasteiger partial charge on any atom is 0.312 e. The molecule has 0 amide bonds. The predicted octanol–water partition coefficient (Wildman–Crippen LogP) is 1.58. The molecule has 2 unspecified atom stereocenters. The zero-order valence-corrected chi connectivity index (χ0v) is 9.71. The largest absolute Gasteiger partial charge is 0.466 e. The van der Waals surface area contributed by atoms with Crippen molar-refractivity contribution < 1.29 is 9.53 Å². The summed E-state index contributed by atoms with van der Waals surface area (Å²) < 4.78 is 5.21. The zero-order chi connectivity index (χ0) is 10.9. The highest BCUT2D eigenvalue weighted by atomic mass is 16.5. The monoisotopic (exact) mass is 211 g/mol. The molecule has 0 aromatic rings. The summed E-state index contributed by atoms with van der Waals surface area (Å²) in [5.74, 6) is 1.20. The summed E-state index contributed by atoms with van der Waals surface area (Å²) in [4.78, 5) is 11.9. The van der Waals surface area contributed by atoms with Crippen LogP contribution < -0.4 is 5.32 Å². The summed E-state index contributed by atoms with van der Waals surface area (Å²) in [7, 11) is 0. The molecule has 2 rings (SSSR count). The first-order valence-electron chi connectivity index (χ1n) is 6.08. The van der Waals surface area contributed by atoms with Crippen molar-refractivity contribution in [1.82, 2.24) is 5.32 Å². The van der Waals surface area contributed by atoms with E-state index in [0.29, 0.717) is 18.4 Å².